The zero-order valence-electron chi connectivity index (χ0n) is 17.5. The van der Waals surface area contributed by atoms with Crippen molar-refractivity contribution in [1.29, 1.82) is 0 Å². The van der Waals surface area contributed by atoms with Gasteiger partial charge in [0.25, 0.3) is 0 Å². The van der Waals surface area contributed by atoms with Gasteiger partial charge in [-0.05, 0) is 47.5 Å². The predicted molar refractivity (Wildman–Crippen MR) is 115 cm³/mol. The molecule has 0 heterocycles. The van der Waals surface area contributed by atoms with Crippen molar-refractivity contribution in [3.05, 3.63) is 77.8 Å². The van der Waals surface area contributed by atoms with Crippen molar-refractivity contribution in [2.45, 2.75) is 0 Å². The van der Waals surface area contributed by atoms with Crippen molar-refractivity contribution in [3.63, 3.8) is 0 Å². The van der Waals surface area contributed by atoms with Crippen LogP contribution in [0.3, 0.4) is 0 Å². The van der Waals surface area contributed by atoms with E-state index in [4.69, 9.17) is 9.47 Å². The second-order valence-corrected chi connectivity index (χ2v) is 6.03. The summed E-state index contributed by atoms with van der Waals surface area (Å²) in [6.07, 6.45) is 5.81. The third kappa shape index (κ3) is 9.52. The Hall–Kier alpha value is -3.81. The first kappa shape index (κ1) is 31.2. The zero-order chi connectivity index (χ0) is 24.2. The molecule has 2 aromatic carbocycles. The standard InChI is InChI=1S/C24H14O9.2Mo/c25-9-11-32-23-13-16(3-7-21(23)30)1-5-19(28)18(15-27)20(29)6-2-17-4-8-22(31)24(14-17)33-12-10-26;;/h1-8,11-14,30-31H;;. The first-order valence-electron chi connectivity index (χ1n) is 8.97. The van der Waals surface area contributed by atoms with E-state index < -0.39 is 17.1 Å². The molecular formula is C24H14Mo2O9. The number of hydrogen-bond donors (Lipinski definition) is 2. The summed E-state index contributed by atoms with van der Waals surface area (Å²) in [4.78, 5) is 56.2. The van der Waals surface area contributed by atoms with Gasteiger partial charge in [0.1, 0.15) is 5.94 Å². The Balaban J connectivity index is 0.00000578. The number of ether oxygens (including phenoxy) is 2. The summed E-state index contributed by atoms with van der Waals surface area (Å²) in [5.74, 6) is 1.56. The average Bonchev–Trinajstić information content (AvgIpc) is 2.81. The molecule has 0 saturated heterocycles. The van der Waals surface area contributed by atoms with Crippen LogP contribution in [0, 0.1) is 0 Å². The molecule has 9 nitrogen and oxygen atoms in total. The molecule has 0 radical (unpaired) electrons. The summed E-state index contributed by atoms with van der Waals surface area (Å²) in [5.41, 5.74) is -0.0323. The molecule has 0 aliphatic heterocycles. The molecule has 2 aromatic rings. The summed E-state index contributed by atoms with van der Waals surface area (Å²) in [5, 5.41) is 19.3. The molecule has 0 aliphatic rings. The minimum atomic E-state index is -0.922. The maximum atomic E-state index is 12.3. The number of hydrogen-bond acceptors (Lipinski definition) is 9. The minimum absolute atomic E-state index is 0. The van der Waals surface area contributed by atoms with Gasteiger partial charge in [0.2, 0.25) is 11.6 Å². The molecule has 0 atom stereocenters. The topological polar surface area (TPSA) is 144 Å². The minimum Gasteiger partial charge on any atom is -0.504 e. The Labute approximate surface area is 227 Å². The van der Waals surface area contributed by atoms with Crippen LogP contribution in [0.25, 0.3) is 12.2 Å². The van der Waals surface area contributed by atoms with E-state index in [1.165, 1.54) is 66.4 Å². The molecule has 2 rings (SSSR count). The SMILES string of the molecule is O=C=COc1cc(C=CC(=O)C(=C=O)C(=O)C=Cc2ccc(O)c(OC=C=O)c2)ccc1O.[Mo].[Mo]. The zero-order valence-corrected chi connectivity index (χ0v) is 21.5. The Bertz CT molecular complexity index is 1200. The number of phenols is 2. The quantitative estimate of drug-likeness (QED) is 0.1000. The molecule has 35 heavy (non-hydrogen) atoms. The third-order valence-electron chi connectivity index (χ3n) is 3.88. The van der Waals surface area contributed by atoms with E-state index in [0.717, 1.165) is 12.2 Å². The van der Waals surface area contributed by atoms with Gasteiger partial charge < -0.3 is 19.7 Å². The number of rotatable bonds is 10. The van der Waals surface area contributed by atoms with E-state index in [2.05, 4.69) is 0 Å². The van der Waals surface area contributed by atoms with Crippen molar-refractivity contribution in [1.82, 2.24) is 0 Å². The van der Waals surface area contributed by atoms with Crippen molar-refractivity contribution >= 4 is 41.5 Å². The number of ketones is 2. The van der Waals surface area contributed by atoms with Crippen molar-refractivity contribution < 1.29 is 85.8 Å². The Morgan fingerprint density at radius 3 is 1.46 bits per heavy atom. The van der Waals surface area contributed by atoms with Gasteiger partial charge in [-0.3, -0.25) is 9.59 Å². The smallest absolute Gasteiger partial charge is 0.200 e. The number of aromatic hydroxyl groups is 2. The van der Waals surface area contributed by atoms with Gasteiger partial charge in [-0.2, -0.15) is 0 Å². The fourth-order valence-electron chi connectivity index (χ4n) is 2.37. The van der Waals surface area contributed by atoms with E-state index in [0.29, 0.717) is 23.7 Å². The second kappa shape index (κ2) is 15.9. The van der Waals surface area contributed by atoms with E-state index in [1.807, 2.05) is 0 Å². The van der Waals surface area contributed by atoms with Crippen LogP contribution in [0.2, 0.25) is 0 Å². The first-order valence-corrected chi connectivity index (χ1v) is 8.97. The maximum Gasteiger partial charge on any atom is 0.200 e. The number of carbonyl (C=O) groups excluding carboxylic acids is 5. The fraction of sp³-hybridized carbons (Fsp3) is 0. The van der Waals surface area contributed by atoms with Crippen molar-refractivity contribution in [2.75, 3.05) is 0 Å². The van der Waals surface area contributed by atoms with Gasteiger partial charge in [0, 0.05) is 42.1 Å². The number of phenolic OH excluding ortho intramolecular Hbond substituents is 2. The van der Waals surface area contributed by atoms with Crippen molar-refractivity contribution in [2.24, 2.45) is 0 Å². The van der Waals surface area contributed by atoms with Crippen LogP contribution in [0.15, 0.2) is 66.6 Å². The second-order valence-electron chi connectivity index (χ2n) is 6.03. The van der Waals surface area contributed by atoms with E-state index >= 15 is 0 Å². The van der Waals surface area contributed by atoms with Crippen LogP contribution in [0.1, 0.15) is 11.1 Å². The van der Waals surface area contributed by atoms with Gasteiger partial charge in [-0.1, -0.05) is 24.3 Å². The molecule has 0 amide bonds. The maximum absolute atomic E-state index is 12.3. The number of benzene rings is 2. The largest absolute Gasteiger partial charge is 0.504 e. The van der Waals surface area contributed by atoms with Crippen LogP contribution < -0.4 is 9.47 Å². The fourth-order valence-corrected chi connectivity index (χ4v) is 2.37. The normalized spacial score (nSPS) is 9.49. The first-order chi connectivity index (χ1) is 15.9. The summed E-state index contributed by atoms with van der Waals surface area (Å²) in [6, 6.07) is 7.97. The number of allylic oxidation sites excluding steroid dienone is 3. The molecule has 0 bridgehead atoms. The molecular weight excluding hydrogens is 624 g/mol. The third-order valence-corrected chi connectivity index (χ3v) is 3.88. The molecule has 2 N–H and O–H groups in total. The summed E-state index contributed by atoms with van der Waals surface area (Å²) in [6.45, 7) is 0. The van der Waals surface area contributed by atoms with Crippen LogP contribution in [-0.4, -0.2) is 39.6 Å². The van der Waals surface area contributed by atoms with Crippen molar-refractivity contribution in [3.8, 4) is 23.0 Å². The summed E-state index contributed by atoms with van der Waals surface area (Å²) in [7, 11) is 0. The van der Waals surface area contributed by atoms with Gasteiger partial charge in [0.15, 0.2) is 53.0 Å². The average molecular weight is 638 g/mol. The van der Waals surface area contributed by atoms with Gasteiger partial charge in [0.05, 0.1) is 0 Å². The van der Waals surface area contributed by atoms with Gasteiger partial charge >= 0.3 is 0 Å². The number of carbonyl (C=O) groups is 2. The summed E-state index contributed by atoms with van der Waals surface area (Å²) < 4.78 is 9.72. The Kier molecular flexibility index (Phi) is 14.2. The van der Waals surface area contributed by atoms with Crippen LogP contribution in [-0.2, 0) is 66.1 Å². The molecule has 11 heteroatoms. The summed E-state index contributed by atoms with van der Waals surface area (Å²) >= 11 is 0. The monoisotopic (exact) mass is 642 g/mol. The van der Waals surface area contributed by atoms with Crippen LogP contribution >= 0.6 is 0 Å². The van der Waals surface area contributed by atoms with Gasteiger partial charge in [-0.15, -0.1) is 0 Å². The Morgan fingerprint density at radius 2 is 1.11 bits per heavy atom. The predicted octanol–water partition coefficient (Wildman–Crippen LogP) is 2.16. The van der Waals surface area contributed by atoms with Gasteiger partial charge in [-0.25, -0.2) is 14.4 Å². The Morgan fingerprint density at radius 1 is 0.714 bits per heavy atom. The molecule has 0 aromatic heterocycles. The van der Waals surface area contributed by atoms with E-state index in [1.54, 1.807) is 0 Å². The van der Waals surface area contributed by atoms with E-state index in [-0.39, 0.29) is 65.1 Å². The molecule has 176 valence electrons. The molecule has 0 unspecified atom stereocenters. The molecule has 0 saturated carbocycles. The molecule has 0 spiro atoms. The molecule has 0 aliphatic carbocycles. The molecule has 0 fully saturated rings. The van der Waals surface area contributed by atoms with Crippen LogP contribution in [0.5, 0.6) is 23.0 Å². The van der Waals surface area contributed by atoms with Crippen LogP contribution in [0.4, 0.5) is 0 Å². The van der Waals surface area contributed by atoms with E-state index in [9.17, 15) is 34.2 Å².